The lowest BCUT2D eigenvalue weighted by Gasteiger charge is -2.23. The van der Waals surface area contributed by atoms with Crippen molar-refractivity contribution in [3.63, 3.8) is 0 Å². The molecule has 3 aromatic carbocycles. The summed E-state index contributed by atoms with van der Waals surface area (Å²) < 4.78 is 0. The standard InChI is InChI=1S/C19H18S/c1-16-12-14-19(15-13-16)20(17-8-4-2-5-9-17)18-10-6-3-7-11-18/h2-15,20H,1H3. The molecule has 0 unspecified atom stereocenters. The van der Waals surface area contributed by atoms with E-state index in [1.165, 1.54) is 20.2 Å². The van der Waals surface area contributed by atoms with E-state index < -0.39 is 10.9 Å². The van der Waals surface area contributed by atoms with Crippen LogP contribution in [0.2, 0.25) is 0 Å². The molecule has 20 heavy (non-hydrogen) atoms. The van der Waals surface area contributed by atoms with Gasteiger partial charge < -0.3 is 0 Å². The van der Waals surface area contributed by atoms with Crippen molar-refractivity contribution < 1.29 is 0 Å². The van der Waals surface area contributed by atoms with E-state index in [-0.39, 0.29) is 0 Å². The van der Waals surface area contributed by atoms with Crippen LogP contribution in [-0.2, 0) is 0 Å². The first-order chi connectivity index (χ1) is 9.84. The fourth-order valence-electron chi connectivity index (χ4n) is 2.30. The van der Waals surface area contributed by atoms with E-state index in [0.29, 0.717) is 0 Å². The maximum atomic E-state index is 2.26. The van der Waals surface area contributed by atoms with Gasteiger partial charge in [-0.25, -0.2) is 0 Å². The van der Waals surface area contributed by atoms with Crippen LogP contribution in [0.15, 0.2) is 99.6 Å². The monoisotopic (exact) mass is 278 g/mol. The normalized spacial score (nSPS) is 11.2. The molecule has 0 nitrogen and oxygen atoms in total. The first kappa shape index (κ1) is 13.0. The Kier molecular flexibility index (Phi) is 3.89. The summed E-state index contributed by atoms with van der Waals surface area (Å²) in [5, 5.41) is 0. The van der Waals surface area contributed by atoms with Crippen molar-refractivity contribution in [2.24, 2.45) is 0 Å². The van der Waals surface area contributed by atoms with Crippen molar-refractivity contribution in [3.8, 4) is 0 Å². The molecule has 0 aliphatic carbocycles. The molecule has 0 saturated carbocycles. The van der Waals surface area contributed by atoms with Gasteiger partial charge in [0.2, 0.25) is 0 Å². The summed E-state index contributed by atoms with van der Waals surface area (Å²) in [5.74, 6) is 0. The lowest BCUT2D eigenvalue weighted by Crippen LogP contribution is -1.88. The van der Waals surface area contributed by atoms with E-state index in [0.717, 1.165) is 0 Å². The molecular weight excluding hydrogens is 260 g/mol. The van der Waals surface area contributed by atoms with Crippen molar-refractivity contribution in [2.75, 3.05) is 0 Å². The average molecular weight is 278 g/mol. The van der Waals surface area contributed by atoms with Crippen LogP contribution < -0.4 is 0 Å². The molecule has 0 saturated heterocycles. The minimum Gasteiger partial charge on any atom is -0.173 e. The molecule has 0 aliphatic rings. The lowest BCUT2D eigenvalue weighted by molar-refractivity contribution is 1.31. The third-order valence-corrected chi connectivity index (χ3v) is 5.76. The predicted molar refractivity (Wildman–Crippen MR) is 87.8 cm³/mol. The van der Waals surface area contributed by atoms with Gasteiger partial charge >= 0.3 is 0 Å². The molecule has 1 heteroatoms. The Morgan fingerprint density at radius 2 is 0.900 bits per heavy atom. The van der Waals surface area contributed by atoms with Crippen LogP contribution in [0, 0.1) is 6.92 Å². The number of hydrogen-bond acceptors (Lipinski definition) is 0. The first-order valence-electron chi connectivity index (χ1n) is 6.81. The van der Waals surface area contributed by atoms with E-state index in [9.17, 15) is 0 Å². The molecule has 3 aromatic rings. The van der Waals surface area contributed by atoms with Crippen LogP contribution in [0.5, 0.6) is 0 Å². The summed E-state index contributed by atoms with van der Waals surface area (Å²) in [6.45, 7) is 2.14. The topological polar surface area (TPSA) is 0 Å². The molecular formula is C19H18S. The van der Waals surface area contributed by atoms with Gasteiger partial charge in [0.25, 0.3) is 0 Å². The molecule has 0 aliphatic heterocycles. The fourth-order valence-corrected chi connectivity index (χ4v) is 4.58. The van der Waals surface area contributed by atoms with Crippen LogP contribution in [-0.4, -0.2) is 0 Å². The van der Waals surface area contributed by atoms with E-state index in [1.807, 2.05) is 0 Å². The molecule has 0 amide bonds. The second kappa shape index (κ2) is 5.98. The maximum Gasteiger partial charge on any atom is -0.00450 e. The largest absolute Gasteiger partial charge is 0.173 e. The number of hydrogen-bond donors (Lipinski definition) is 1. The summed E-state index contributed by atoms with van der Waals surface area (Å²) in [6, 6.07) is 30.5. The lowest BCUT2D eigenvalue weighted by atomic mass is 10.2. The van der Waals surface area contributed by atoms with Crippen LogP contribution in [0.3, 0.4) is 0 Å². The second-order valence-corrected chi connectivity index (χ2v) is 7.06. The molecule has 0 aromatic heterocycles. The summed E-state index contributed by atoms with van der Waals surface area (Å²) in [5.41, 5.74) is 1.31. The zero-order valence-electron chi connectivity index (χ0n) is 11.5. The number of benzene rings is 3. The predicted octanol–water partition coefficient (Wildman–Crippen LogP) is 5.47. The fraction of sp³-hybridized carbons (Fsp3) is 0.0526. The van der Waals surface area contributed by atoms with E-state index in [4.69, 9.17) is 0 Å². The first-order valence-corrected chi connectivity index (χ1v) is 8.16. The van der Waals surface area contributed by atoms with Gasteiger partial charge in [0.15, 0.2) is 0 Å². The molecule has 0 heterocycles. The van der Waals surface area contributed by atoms with Gasteiger partial charge in [-0.2, -0.15) is 10.9 Å². The number of aryl methyl sites for hydroxylation is 1. The van der Waals surface area contributed by atoms with Crippen molar-refractivity contribution in [2.45, 2.75) is 21.6 Å². The van der Waals surface area contributed by atoms with Crippen molar-refractivity contribution in [1.29, 1.82) is 0 Å². The third kappa shape index (κ3) is 2.78. The van der Waals surface area contributed by atoms with Gasteiger partial charge in [0.1, 0.15) is 0 Å². The molecule has 0 N–H and O–H groups in total. The maximum absolute atomic E-state index is 2.26. The van der Waals surface area contributed by atoms with E-state index in [2.05, 4.69) is 91.9 Å². The third-order valence-electron chi connectivity index (χ3n) is 3.32. The van der Waals surface area contributed by atoms with Crippen molar-refractivity contribution >= 4 is 10.9 Å². The van der Waals surface area contributed by atoms with Crippen LogP contribution in [0.25, 0.3) is 0 Å². The van der Waals surface area contributed by atoms with Crippen molar-refractivity contribution in [3.05, 3.63) is 90.5 Å². The highest BCUT2D eigenvalue weighted by molar-refractivity contribution is 8.17. The Morgan fingerprint density at radius 3 is 1.35 bits per heavy atom. The molecule has 0 spiro atoms. The summed E-state index contributed by atoms with van der Waals surface area (Å²) in [6.07, 6.45) is 0. The SMILES string of the molecule is Cc1ccc([SH](c2ccccc2)c2ccccc2)cc1. The number of rotatable bonds is 3. The van der Waals surface area contributed by atoms with Gasteiger partial charge in [-0.1, -0.05) is 54.1 Å². The van der Waals surface area contributed by atoms with Gasteiger partial charge in [0.05, 0.1) is 0 Å². The van der Waals surface area contributed by atoms with Crippen LogP contribution in [0.4, 0.5) is 0 Å². The second-order valence-electron chi connectivity index (χ2n) is 4.84. The average Bonchev–Trinajstić information content (AvgIpc) is 2.52. The summed E-state index contributed by atoms with van der Waals surface area (Å²) in [7, 11) is -0.458. The molecule has 0 radical (unpaired) electrons. The van der Waals surface area contributed by atoms with Gasteiger partial charge in [0, 0.05) is 0 Å². The Bertz CT molecular complexity index is 618. The van der Waals surface area contributed by atoms with Gasteiger partial charge in [-0.3, -0.25) is 0 Å². The Labute approximate surface area is 123 Å². The highest BCUT2D eigenvalue weighted by Crippen LogP contribution is 2.50. The Balaban J connectivity index is 2.11. The highest BCUT2D eigenvalue weighted by Gasteiger charge is 2.11. The quantitative estimate of drug-likeness (QED) is 0.603. The Hall–Kier alpha value is -1.99. The highest BCUT2D eigenvalue weighted by atomic mass is 32.2. The molecule has 0 bridgehead atoms. The van der Waals surface area contributed by atoms with E-state index in [1.54, 1.807) is 0 Å². The minimum atomic E-state index is -0.458. The van der Waals surface area contributed by atoms with Crippen LogP contribution in [0.1, 0.15) is 5.56 Å². The molecule has 3 rings (SSSR count). The van der Waals surface area contributed by atoms with Crippen molar-refractivity contribution in [1.82, 2.24) is 0 Å². The minimum absolute atomic E-state index is 0.458. The van der Waals surface area contributed by atoms with E-state index >= 15 is 0 Å². The van der Waals surface area contributed by atoms with Crippen LogP contribution >= 0.6 is 10.9 Å². The molecule has 0 atom stereocenters. The molecule has 0 fully saturated rings. The van der Waals surface area contributed by atoms with Gasteiger partial charge in [-0.05, 0) is 58.0 Å². The smallest absolute Gasteiger partial charge is 0.00450 e. The summed E-state index contributed by atoms with van der Waals surface area (Å²) >= 11 is 0. The zero-order valence-corrected chi connectivity index (χ0v) is 12.4. The van der Waals surface area contributed by atoms with Gasteiger partial charge in [-0.15, -0.1) is 0 Å². The summed E-state index contributed by atoms with van der Waals surface area (Å²) in [4.78, 5) is 4.21. The zero-order chi connectivity index (χ0) is 13.8. The Morgan fingerprint density at radius 1 is 0.500 bits per heavy atom. The molecule has 100 valence electrons. The number of thiol groups is 1.